The van der Waals surface area contributed by atoms with Crippen LogP contribution in [0.5, 0.6) is 0 Å². The van der Waals surface area contributed by atoms with E-state index >= 15 is 0 Å². The lowest BCUT2D eigenvalue weighted by Gasteiger charge is -2.46. The minimum Gasteiger partial charge on any atom is -0.394 e. The molecule has 0 saturated carbocycles. The number of quaternary nitrogens is 1. The van der Waals surface area contributed by atoms with Crippen LogP contribution in [0.1, 0.15) is 0 Å². The number of hydrogen-bond acceptors (Lipinski definition) is 18. The van der Waals surface area contributed by atoms with E-state index in [1.54, 1.807) is 0 Å². The number of aliphatic hydroxyl groups is 10. The Balaban J connectivity index is 1.66. The summed E-state index contributed by atoms with van der Waals surface area (Å²) in [4.78, 5) is 9.96. The van der Waals surface area contributed by atoms with E-state index < -0.39 is 120 Å². The molecule has 1 unspecified atom stereocenters. The van der Waals surface area contributed by atoms with E-state index in [-0.39, 0.29) is 6.61 Å². The number of hydrogen-bond donors (Lipinski definition) is 11. The Bertz CT molecular complexity index is 942. The highest BCUT2D eigenvalue weighted by Crippen LogP contribution is 2.44. The molecule has 260 valence electrons. The van der Waals surface area contributed by atoms with Gasteiger partial charge < -0.3 is 84.1 Å². The maximum Gasteiger partial charge on any atom is 0.472 e. The summed E-state index contributed by atoms with van der Waals surface area (Å²) >= 11 is 0. The van der Waals surface area contributed by atoms with Crippen LogP contribution < -0.4 is 0 Å². The van der Waals surface area contributed by atoms with Crippen molar-refractivity contribution in [2.45, 2.75) is 92.1 Å². The van der Waals surface area contributed by atoms with Gasteiger partial charge in [-0.25, -0.2) is 4.57 Å². The number of likely N-dealkylation sites (N-methyl/N-ethyl adjacent to an activating group) is 1. The zero-order valence-corrected chi connectivity index (χ0v) is 25.2. The largest absolute Gasteiger partial charge is 0.472 e. The van der Waals surface area contributed by atoms with Gasteiger partial charge in [0.1, 0.15) is 86.4 Å². The molecule has 0 radical (unpaired) electrons. The van der Waals surface area contributed by atoms with Gasteiger partial charge in [-0.1, -0.05) is 0 Å². The molecule has 3 heterocycles. The van der Waals surface area contributed by atoms with Gasteiger partial charge in [0.25, 0.3) is 0 Å². The second-order valence-corrected chi connectivity index (χ2v) is 13.3. The molecule has 11 N–H and O–H groups in total. The lowest BCUT2D eigenvalue weighted by molar-refractivity contribution is -0.870. The first kappa shape index (κ1) is 37.9. The summed E-state index contributed by atoms with van der Waals surface area (Å²) in [7, 11) is 0.878. The molecule has 20 nitrogen and oxygen atoms in total. The number of ether oxygens (including phenoxy) is 5. The Morgan fingerprint density at radius 2 is 1.23 bits per heavy atom. The van der Waals surface area contributed by atoms with Gasteiger partial charge in [-0.15, -0.1) is 0 Å². The SMILES string of the molecule is C[N+](C)(C)CCOP(=O)(O)OC[C@H]1O[C@@H](OC[C@H]2O[C@@H](O)[C@H](O)[C@@H](O)[C@H]2O[C@H]2O[C@H](CO)[C@@H](O)[C@H](O)[C@@H]2O)[C@H](O)[C@@H](O)[C@H]1O. The molecule has 0 spiro atoms. The predicted octanol–water partition coefficient (Wildman–Crippen LogP) is -6.73. The molecule has 3 rings (SSSR count). The highest BCUT2D eigenvalue weighted by Gasteiger charge is 2.51. The van der Waals surface area contributed by atoms with E-state index in [1.165, 1.54) is 0 Å². The van der Waals surface area contributed by atoms with Crippen LogP contribution in [0.15, 0.2) is 0 Å². The molecule has 3 aliphatic rings. The van der Waals surface area contributed by atoms with E-state index in [4.69, 9.17) is 32.7 Å². The minimum absolute atomic E-state index is 0.140. The van der Waals surface area contributed by atoms with Crippen LogP contribution in [0.3, 0.4) is 0 Å². The standard InChI is InChI=1S/C23H44NO19P/c1-24(2,3)4-5-38-44(35,36)39-8-10-13(27)15(29)18(32)22(42-10)37-7-11-20(16(30)17(31)21(34)40-11)43-23-19(33)14(28)12(26)9(6-25)41-23/h9-23,25-34H,4-8H2,1-3H3/p+1/t9-,10-,11-,12-,13+,14+,15+,16-,17-,18-,19+,20+,21-,22-,23-/m1/s1. The average molecular weight is 671 g/mol. The lowest BCUT2D eigenvalue weighted by atomic mass is 9.97. The fraction of sp³-hybridized carbons (Fsp3) is 1.00. The maximum atomic E-state index is 12.3. The molecule has 3 aliphatic heterocycles. The number of aliphatic hydroxyl groups excluding tert-OH is 10. The van der Waals surface area contributed by atoms with Crippen molar-refractivity contribution in [3.63, 3.8) is 0 Å². The molecule has 0 aromatic heterocycles. The minimum atomic E-state index is -4.61. The summed E-state index contributed by atoms with van der Waals surface area (Å²) in [5.41, 5.74) is 0. The Labute approximate surface area is 252 Å². The van der Waals surface area contributed by atoms with Crippen LogP contribution in [0.25, 0.3) is 0 Å². The second-order valence-electron chi connectivity index (χ2n) is 11.8. The molecular formula is C23H45NO19P+. The molecule has 0 aromatic rings. The third-order valence-electron chi connectivity index (χ3n) is 7.31. The topological polar surface area (TPSA) is 304 Å². The molecule has 3 saturated heterocycles. The molecule has 0 aliphatic carbocycles. The van der Waals surface area contributed by atoms with E-state index in [9.17, 15) is 60.5 Å². The molecule has 3 fully saturated rings. The quantitative estimate of drug-likeness (QED) is 0.0641. The van der Waals surface area contributed by atoms with Gasteiger partial charge in [0.2, 0.25) is 0 Å². The van der Waals surface area contributed by atoms with Crippen LogP contribution in [-0.2, 0) is 37.3 Å². The second kappa shape index (κ2) is 15.6. The van der Waals surface area contributed by atoms with Crippen molar-refractivity contribution in [3.05, 3.63) is 0 Å². The zero-order chi connectivity index (χ0) is 33.1. The third kappa shape index (κ3) is 9.52. The van der Waals surface area contributed by atoms with Gasteiger partial charge in [0, 0.05) is 0 Å². The Hall–Kier alpha value is -0.530. The van der Waals surface area contributed by atoms with Gasteiger partial charge in [0.15, 0.2) is 18.9 Å². The van der Waals surface area contributed by atoms with Crippen molar-refractivity contribution in [1.82, 2.24) is 0 Å². The van der Waals surface area contributed by atoms with Crippen molar-refractivity contribution in [1.29, 1.82) is 0 Å². The maximum absolute atomic E-state index is 12.3. The number of nitrogens with zero attached hydrogens (tertiary/aromatic N) is 1. The highest BCUT2D eigenvalue weighted by atomic mass is 31.2. The smallest absolute Gasteiger partial charge is 0.394 e. The van der Waals surface area contributed by atoms with Gasteiger partial charge in [0.05, 0.1) is 41.0 Å². The van der Waals surface area contributed by atoms with Crippen LogP contribution in [0.2, 0.25) is 0 Å². The predicted molar refractivity (Wildman–Crippen MR) is 139 cm³/mol. The Kier molecular flexibility index (Phi) is 13.4. The summed E-state index contributed by atoms with van der Waals surface area (Å²) in [6, 6.07) is 0. The summed E-state index contributed by atoms with van der Waals surface area (Å²) in [6.45, 7) is -2.06. The number of phosphoric ester groups is 1. The van der Waals surface area contributed by atoms with Crippen molar-refractivity contribution in [3.8, 4) is 0 Å². The van der Waals surface area contributed by atoms with E-state index in [2.05, 4.69) is 0 Å². The molecular weight excluding hydrogens is 625 g/mol. The van der Waals surface area contributed by atoms with Crippen LogP contribution in [0, 0.1) is 0 Å². The molecule has 0 aromatic carbocycles. The van der Waals surface area contributed by atoms with E-state index in [0.29, 0.717) is 11.0 Å². The highest BCUT2D eigenvalue weighted by molar-refractivity contribution is 7.47. The first-order valence-electron chi connectivity index (χ1n) is 13.8. The van der Waals surface area contributed by atoms with Crippen molar-refractivity contribution in [2.75, 3.05) is 54.1 Å². The zero-order valence-electron chi connectivity index (χ0n) is 24.3. The van der Waals surface area contributed by atoms with Gasteiger partial charge in [-0.05, 0) is 0 Å². The Morgan fingerprint density at radius 3 is 1.82 bits per heavy atom. The fourth-order valence-corrected chi connectivity index (χ4v) is 5.30. The van der Waals surface area contributed by atoms with Crippen molar-refractivity contribution >= 4 is 7.82 Å². The molecule has 21 heteroatoms. The number of phosphoric acid groups is 1. The van der Waals surface area contributed by atoms with Gasteiger partial charge in [-0.3, -0.25) is 9.05 Å². The Morgan fingerprint density at radius 1 is 0.659 bits per heavy atom. The molecule has 0 amide bonds. The normalized spacial score (nSPS) is 45.2. The first-order chi connectivity index (χ1) is 20.4. The summed E-state index contributed by atoms with van der Waals surface area (Å²) in [6.07, 6.45) is -26.5. The van der Waals surface area contributed by atoms with Gasteiger partial charge >= 0.3 is 7.82 Å². The monoisotopic (exact) mass is 670 g/mol. The summed E-state index contributed by atoms with van der Waals surface area (Å²) in [5, 5.41) is 102. The van der Waals surface area contributed by atoms with Crippen LogP contribution in [-0.4, -0.2) is 207 Å². The third-order valence-corrected chi connectivity index (χ3v) is 8.29. The number of rotatable bonds is 13. The van der Waals surface area contributed by atoms with E-state index in [1.807, 2.05) is 21.1 Å². The van der Waals surface area contributed by atoms with Crippen molar-refractivity contribution in [2.24, 2.45) is 0 Å². The van der Waals surface area contributed by atoms with Crippen LogP contribution >= 0.6 is 7.82 Å². The summed E-state index contributed by atoms with van der Waals surface area (Å²) < 4.78 is 49.4. The first-order valence-corrected chi connectivity index (χ1v) is 15.3. The van der Waals surface area contributed by atoms with Crippen molar-refractivity contribution < 1.29 is 97.7 Å². The lowest BCUT2D eigenvalue weighted by Crippen LogP contribution is -2.65. The summed E-state index contributed by atoms with van der Waals surface area (Å²) in [5.74, 6) is 0. The van der Waals surface area contributed by atoms with E-state index in [0.717, 1.165) is 0 Å². The fourth-order valence-electron chi connectivity index (χ4n) is 4.57. The average Bonchev–Trinajstić information content (AvgIpc) is 2.94. The molecule has 44 heavy (non-hydrogen) atoms. The van der Waals surface area contributed by atoms with Crippen LogP contribution in [0.4, 0.5) is 0 Å². The molecule has 0 bridgehead atoms. The molecule has 16 atom stereocenters. The van der Waals surface area contributed by atoms with Gasteiger partial charge in [-0.2, -0.15) is 0 Å².